The second kappa shape index (κ2) is 20.1. The molecule has 360 valence electrons. The molecule has 21 heteroatoms. The number of rotatable bonds is 16. The minimum Gasteiger partial charge on any atom is -0.494 e. The summed E-state index contributed by atoms with van der Waals surface area (Å²) in [5.74, 6) is 0.0829. The lowest BCUT2D eigenvalue weighted by atomic mass is 10.1. The van der Waals surface area contributed by atoms with E-state index in [0.717, 1.165) is 57.3 Å². The molecule has 0 aliphatic carbocycles. The van der Waals surface area contributed by atoms with E-state index in [1.54, 1.807) is 24.5 Å². The SMILES string of the molecule is COc1cc(F)c([N+](=O)[O-])cc1Nc1nccc(-c2cn(C3COC3)c3ccccc23)n1.COc1cc(N(C)CCN(C)C)c([N+](=O)[O-])cc1Nc1nccc(-c2cn(C3COC3)c3ccccc23)n1. The number of hydrogen-bond acceptors (Lipinski definition) is 16. The molecule has 0 amide bonds. The molecule has 0 bridgehead atoms. The zero-order chi connectivity index (χ0) is 49.1. The van der Waals surface area contributed by atoms with E-state index in [1.165, 1.54) is 20.3 Å². The fourth-order valence-electron chi connectivity index (χ4n) is 8.27. The molecule has 2 aliphatic rings. The molecule has 4 aromatic heterocycles. The number of nitro benzene ring substituents is 2. The van der Waals surface area contributed by atoms with Crippen molar-refractivity contribution < 1.29 is 33.2 Å². The van der Waals surface area contributed by atoms with E-state index in [9.17, 15) is 24.6 Å². The quantitative estimate of drug-likeness (QED) is 0.0683. The number of likely N-dealkylation sites (N-methyl/N-ethyl adjacent to an activating group) is 2. The van der Waals surface area contributed by atoms with Gasteiger partial charge in [-0.2, -0.15) is 4.39 Å². The Labute approximate surface area is 400 Å². The van der Waals surface area contributed by atoms with E-state index in [4.69, 9.17) is 23.9 Å². The molecule has 8 aromatic rings. The molecule has 2 saturated heterocycles. The molecule has 4 aromatic carbocycles. The molecule has 2 fully saturated rings. The van der Waals surface area contributed by atoms with Crippen molar-refractivity contribution in [1.29, 1.82) is 0 Å². The van der Waals surface area contributed by atoms with Crippen molar-refractivity contribution >= 4 is 62.1 Å². The molecular weight excluding hydrogens is 904 g/mol. The molecule has 2 N–H and O–H groups in total. The number of methoxy groups -OCH3 is 2. The maximum Gasteiger partial charge on any atom is 0.307 e. The molecule has 6 heterocycles. The van der Waals surface area contributed by atoms with Crippen LogP contribution in [0.2, 0.25) is 0 Å². The number of nitrogens with zero attached hydrogens (tertiary/aromatic N) is 10. The van der Waals surface area contributed by atoms with Gasteiger partial charge in [0.25, 0.3) is 5.69 Å². The Balaban J connectivity index is 0.000000176. The molecule has 70 heavy (non-hydrogen) atoms. The van der Waals surface area contributed by atoms with Crippen molar-refractivity contribution in [1.82, 2.24) is 34.0 Å². The van der Waals surface area contributed by atoms with Gasteiger partial charge in [-0.1, -0.05) is 36.4 Å². The van der Waals surface area contributed by atoms with Gasteiger partial charge in [0.2, 0.25) is 17.7 Å². The van der Waals surface area contributed by atoms with Gasteiger partial charge < -0.3 is 48.5 Å². The van der Waals surface area contributed by atoms with Gasteiger partial charge in [0.05, 0.1) is 85.3 Å². The Morgan fingerprint density at radius 3 is 1.60 bits per heavy atom. The zero-order valence-corrected chi connectivity index (χ0v) is 38.9. The number of nitrogens with one attached hydrogen (secondary N) is 2. The molecule has 20 nitrogen and oxygen atoms in total. The summed E-state index contributed by atoms with van der Waals surface area (Å²) in [7, 11) is 8.64. The average Bonchev–Trinajstić information content (AvgIpc) is 3.89. The number of hydrogen-bond donors (Lipinski definition) is 2. The molecule has 0 unspecified atom stereocenters. The van der Waals surface area contributed by atoms with Crippen LogP contribution in [0.4, 0.5) is 44.7 Å². The third-order valence-corrected chi connectivity index (χ3v) is 12.1. The Hall–Kier alpha value is -8.27. The fourth-order valence-corrected chi connectivity index (χ4v) is 8.27. The van der Waals surface area contributed by atoms with Crippen LogP contribution in [-0.2, 0) is 9.47 Å². The summed E-state index contributed by atoms with van der Waals surface area (Å²) in [6, 6.07) is 25.6. The van der Waals surface area contributed by atoms with Gasteiger partial charge in [-0.25, -0.2) is 19.9 Å². The van der Waals surface area contributed by atoms with Gasteiger partial charge in [-0.05, 0) is 38.4 Å². The van der Waals surface area contributed by atoms with Crippen LogP contribution in [0.1, 0.15) is 12.1 Å². The minimum absolute atomic E-state index is 0.0310. The van der Waals surface area contributed by atoms with Crippen molar-refractivity contribution in [3.63, 3.8) is 0 Å². The number of fused-ring (bicyclic) bond motifs is 2. The van der Waals surface area contributed by atoms with Crippen LogP contribution in [-0.4, -0.2) is 119 Å². The monoisotopic (exact) mass is 952 g/mol. The Morgan fingerprint density at radius 1 is 0.686 bits per heavy atom. The van der Waals surface area contributed by atoms with E-state index >= 15 is 0 Å². The lowest BCUT2D eigenvalue weighted by molar-refractivity contribution is -0.387. The van der Waals surface area contributed by atoms with E-state index in [2.05, 4.69) is 59.1 Å². The standard InChI is InChI=1S/C27H31N7O4.C22H18FN5O4/c1-31(2)11-12-32(3)24-14-26(37-4)22(13-25(24)34(35)36)30-27-28-10-9-21(29-27)20-15-33(18-16-38-17-18)23-8-6-5-7-19(20)23;1-31-21-8-16(23)20(28(29)30)9-18(21)26-22-24-7-6-17(25-22)15-10-27(13-11-32-12-13)19-5-3-2-4-14(15)19/h5-10,13-15,18H,11-12,16-17H2,1-4H3,(H,28,29,30);2-10,13H,11-12H2,1H3,(H,24,25,26). The fraction of sp³-hybridized carbons (Fsp3) is 0.265. The van der Waals surface area contributed by atoms with Gasteiger partial charge in [-0.15, -0.1) is 0 Å². The second-order valence-corrected chi connectivity index (χ2v) is 16.9. The topological polar surface area (TPSA) is 215 Å². The first-order valence-electron chi connectivity index (χ1n) is 22.2. The van der Waals surface area contributed by atoms with Crippen LogP contribution in [0.3, 0.4) is 0 Å². The molecular formula is C49H49FN12O8. The average molecular weight is 953 g/mol. The number of anilines is 5. The molecule has 0 spiro atoms. The Bertz CT molecular complexity index is 3230. The normalized spacial score (nSPS) is 13.6. The lowest BCUT2D eigenvalue weighted by Crippen LogP contribution is -2.29. The zero-order valence-electron chi connectivity index (χ0n) is 38.9. The highest BCUT2D eigenvalue weighted by molar-refractivity contribution is 5.96. The first-order chi connectivity index (χ1) is 33.9. The summed E-state index contributed by atoms with van der Waals surface area (Å²) in [6.07, 6.45) is 7.42. The number of ether oxygens (including phenoxy) is 4. The second-order valence-electron chi connectivity index (χ2n) is 16.9. The summed E-state index contributed by atoms with van der Waals surface area (Å²) in [4.78, 5) is 43.7. The molecule has 10 rings (SSSR count). The third kappa shape index (κ3) is 9.57. The van der Waals surface area contributed by atoms with Gasteiger partial charge in [0.1, 0.15) is 17.2 Å². The van der Waals surface area contributed by atoms with Crippen LogP contribution in [0.15, 0.2) is 110 Å². The van der Waals surface area contributed by atoms with Gasteiger partial charge in [0, 0.05) is 102 Å². The maximum atomic E-state index is 14.0. The van der Waals surface area contributed by atoms with Crippen LogP contribution < -0.4 is 25.0 Å². The highest BCUT2D eigenvalue weighted by Gasteiger charge is 2.27. The minimum atomic E-state index is -0.986. The predicted octanol–water partition coefficient (Wildman–Crippen LogP) is 8.80. The third-order valence-electron chi connectivity index (χ3n) is 12.1. The first-order valence-corrected chi connectivity index (χ1v) is 22.2. The number of halogens is 1. The molecule has 0 saturated carbocycles. The van der Waals surface area contributed by atoms with E-state index < -0.39 is 16.4 Å². The number of benzene rings is 4. The van der Waals surface area contributed by atoms with Gasteiger partial charge >= 0.3 is 5.69 Å². The summed E-state index contributed by atoms with van der Waals surface area (Å²) in [5, 5.41) is 31.3. The smallest absolute Gasteiger partial charge is 0.307 e. The maximum absolute atomic E-state index is 14.0. The Morgan fingerprint density at radius 2 is 1.16 bits per heavy atom. The molecule has 0 atom stereocenters. The molecule has 0 radical (unpaired) electrons. The number of nitro groups is 2. The summed E-state index contributed by atoms with van der Waals surface area (Å²) in [6.45, 7) is 4.08. The van der Waals surface area contributed by atoms with E-state index in [1.807, 2.05) is 73.5 Å². The van der Waals surface area contributed by atoms with Crippen LogP contribution in [0, 0.1) is 26.0 Å². The summed E-state index contributed by atoms with van der Waals surface area (Å²) < 4.78 is 39.9. The van der Waals surface area contributed by atoms with E-state index in [0.29, 0.717) is 67.8 Å². The van der Waals surface area contributed by atoms with E-state index in [-0.39, 0.29) is 34.0 Å². The van der Waals surface area contributed by atoms with Crippen molar-refractivity contribution in [2.75, 3.05) is 90.4 Å². The summed E-state index contributed by atoms with van der Waals surface area (Å²) >= 11 is 0. The van der Waals surface area contributed by atoms with Gasteiger partial charge in [-0.3, -0.25) is 20.2 Å². The largest absolute Gasteiger partial charge is 0.494 e. The van der Waals surface area contributed by atoms with Crippen LogP contribution in [0.25, 0.3) is 44.3 Å². The lowest BCUT2D eigenvalue weighted by Gasteiger charge is -2.28. The van der Waals surface area contributed by atoms with Crippen LogP contribution in [0.5, 0.6) is 11.5 Å². The van der Waals surface area contributed by atoms with Gasteiger partial charge in [0.15, 0.2) is 0 Å². The van der Waals surface area contributed by atoms with Crippen molar-refractivity contribution in [3.8, 4) is 34.0 Å². The van der Waals surface area contributed by atoms with Crippen molar-refractivity contribution in [2.24, 2.45) is 0 Å². The Kier molecular flexibility index (Phi) is 13.5. The summed E-state index contributed by atoms with van der Waals surface area (Å²) in [5.41, 5.74) is 5.90. The first kappa shape index (κ1) is 46.8. The highest BCUT2D eigenvalue weighted by Crippen LogP contribution is 2.40. The van der Waals surface area contributed by atoms with Crippen molar-refractivity contribution in [3.05, 3.63) is 136 Å². The van der Waals surface area contributed by atoms with Crippen LogP contribution >= 0.6 is 0 Å². The number of para-hydroxylation sites is 2. The molecule has 2 aliphatic heterocycles. The number of aromatic nitrogens is 6. The van der Waals surface area contributed by atoms with Crippen molar-refractivity contribution in [2.45, 2.75) is 12.1 Å². The predicted molar refractivity (Wildman–Crippen MR) is 263 cm³/mol. The highest BCUT2D eigenvalue weighted by atomic mass is 19.1.